The molecule has 1 amide bonds. The lowest BCUT2D eigenvalue weighted by molar-refractivity contribution is -0.646. The lowest BCUT2D eigenvalue weighted by atomic mass is 10.1. The molecule has 4 heteroatoms. The summed E-state index contributed by atoms with van der Waals surface area (Å²) in [4.78, 5) is 12.2. The van der Waals surface area contributed by atoms with Gasteiger partial charge in [-0.25, -0.2) is 0 Å². The van der Waals surface area contributed by atoms with Gasteiger partial charge in [0, 0.05) is 29.3 Å². The van der Waals surface area contributed by atoms with Crippen molar-refractivity contribution in [3.8, 4) is 0 Å². The lowest BCUT2D eigenvalue weighted by Crippen LogP contribution is -2.35. The van der Waals surface area contributed by atoms with E-state index < -0.39 is 0 Å². The minimum atomic E-state index is -0.0579. The Labute approximate surface area is 159 Å². The van der Waals surface area contributed by atoms with E-state index in [2.05, 4.69) is 70.8 Å². The standard InChI is InChI=1S/C23H23N3O/c1-26-20(15-11-18-5-2-3-7-22(18)26)14-10-17-8-12-19(13-9-17)25-23(27)21-6-4-16-24-21/h2-3,5,7-15,21,24H,4,6,16H2,1H3/p+1/t21-/m0/s1. The zero-order chi connectivity index (χ0) is 18.6. The maximum Gasteiger partial charge on any atom is 0.241 e. The number of nitrogens with one attached hydrogen (secondary N) is 2. The minimum absolute atomic E-state index is 0.0546. The van der Waals surface area contributed by atoms with Crippen LogP contribution in [0.4, 0.5) is 5.69 Å². The summed E-state index contributed by atoms with van der Waals surface area (Å²) in [5.74, 6) is 0.0546. The molecule has 2 aromatic carbocycles. The first kappa shape index (κ1) is 17.4. The molecule has 0 aliphatic carbocycles. The Balaban J connectivity index is 1.46. The summed E-state index contributed by atoms with van der Waals surface area (Å²) in [7, 11) is 2.08. The normalized spacial score (nSPS) is 16.9. The van der Waals surface area contributed by atoms with Gasteiger partial charge in [-0.2, -0.15) is 4.57 Å². The van der Waals surface area contributed by atoms with Crippen LogP contribution in [-0.2, 0) is 11.8 Å². The molecule has 0 bridgehead atoms. The molecule has 1 atom stereocenters. The summed E-state index contributed by atoms with van der Waals surface area (Å²) in [5.41, 5.74) is 4.28. The van der Waals surface area contributed by atoms with Crippen molar-refractivity contribution in [3.63, 3.8) is 0 Å². The number of rotatable bonds is 4. The predicted octanol–water partition coefficient (Wildman–Crippen LogP) is 3.53. The second-order valence-electron chi connectivity index (χ2n) is 6.97. The summed E-state index contributed by atoms with van der Waals surface area (Å²) in [6, 6.07) is 20.5. The number of carbonyl (C=O) groups is 1. The van der Waals surface area contributed by atoms with Crippen molar-refractivity contribution in [3.05, 3.63) is 71.9 Å². The SMILES string of the molecule is C[n+]1c(C=Cc2ccc(NC(=O)[C@@H]3CCCN3)cc2)ccc2ccccc21. The van der Waals surface area contributed by atoms with Gasteiger partial charge in [0.05, 0.1) is 6.04 Å². The van der Waals surface area contributed by atoms with Crippen molar-refractivity contribution in [2.75, 3.05) is 11.9 Å². The van der Waals surface area contributed by atoms with Crippen LogP contribution in [0.25, 0.3) is 23.1 Å². The molecule has 4 rings (SSSR count). The third kappa shape index (κ3) is 3.91. The average Bonchev–Trinajstić information content (AvgIpc) is 3.24. The highest BCUT2D eigenvalue weighted by atomic mass is 16.2. The Morgan fingerprint density at radius 2 is 1.89 bits per heavy atom. The Kier molecular flexibility index (Phi) is 4.99. The van der Waals surface area contributed by atoms with Crippen LogP contribution in [0.3, 0.4) is 0 Å². The van der Waals surface area contributed by atoms with Crippen LogP contribution >= 0.6 is 0 Å². The van der Waals surface area contributed by atoms with E-state index in [1.165, 1.54) is 10.9 Å². The molecule has 27 heavy (non-hydrogen) atoms. The zero-order valence-corrected chi connectivity index (χ0v) is 15.5. The number of nitrogens with zero attached hydrogens (tertiary/aromatic N) is 1. The number of aryl methyl sites for hydroxylation is 1. The quantitative estimate of drug-likeness (QED) is 0.701. The summed E-state index contributed by atoms with van der Waals surface area (Å²) in [6.07, 6.45) is 6.18. The highest BCUT2D eigenvalue weighted by Crippen LogP contribution is 2.15. The molecule has 0 radical (unpaired) electrons. The van der Waals surface area contributed by atoms with E-state index in [1.807, 2.05) is 24.3 Å². The number of para-hydroxylation sites is 1. The fourth-order valence-corrected chi connectivity index (χ4v) is 3.52. The van der Waals surface area contributed by atoms with Crippen LogP contribution in [-0.4, -0.2) is 18.5 Å². The van der Waals surface area contributed by atoms with Gasteiger partial charge in [0.1, 0.15) is 7.05 Å². The largest absolute Gasteiger partial charge is 0.325 e. The third-order valence-electron chi connectivity index (χ3n) is 5.12. The number of hydrogen-bond donors (Lipinski definition) is 2. The molecule has 136 valence electrons. The first-order chi connectivity index (χ1) is 13.2. The van der Waals surface area contributed by atoms with Crippen LogP contribution in [0.15, 0.2) is 60.7 Å². The van der Waals surface area contributed by atoms with Crippen LogP contribution < -0.4 is 15.2 Å². The second-order valence-corrected chi connectivity index (χ2v) is 6.97. The van der Waals surface area contributed by atoms with Crippen LogP contribution in [0, 0.1) is 0 Å². The second kappa shape index (κ2) is 7.72. The van der Waals surface area contributed by atoms with E-state index in [0.29, 0.717) is 0 Å². The van der Waals surface area contributed by atoms with Gasteiger partial charge in [0.15, 0.2) is 0 Å². The van der Waals surface area contributed by atoms with Gasteiger partial charge in [0.2, 0.25) is 17.1 Å². The summed E-state index contributed by atoms with van der Waals surface area (Å²) < 4.78 is 2.19. The Bertz CT molecular complexity index is 986. The summed E-state index contributed by atoms with van der Waals surface area (Å²) >= 11 is 0. The van der Waals surface area contributed by atoms with Gasteiger partial charge in [-0.1, -0.05) is 24.3 Å². The fourth-order valence-electron chi connectivity index (χ4n) is 3.52. The molecule has 0 saturated carbocycles. The minimum Gasteiger partial charge on any atom is -0.325 e. The number of aromatic nitrogens is 1. The number of amides is 1. The monoisotopic (exact) mass is 358 g/mol. The lowest BCUT2D eigenvalue weighted by Gasteiger charge is -2.11. The molecular formula is C23H24N3O+. The van der Waals surface area contributed by atoms with E-state index >= 15 is 0 Å². The van der Waals surface area contributed by atoms with Gasteiger partial charge in [-0.05, 0) is 55.3 Å². The van der Waals surface area contributed by atoms with Crippen molar-refractivity contribution in [1.29, 1.82) is 0 Å². The molecule has 1 fully saturated rings. The number of carbonyl (C=O) groups excluding carboxylic acids is 1. The molecule has 3 aromatic rings. The number of benzene rings is 2. The van der Waals surface area contributed by atoms with Crippen LogP contribution in [0.5, 0.6) is 0 Å². The van der Waals surface area contributed by atoms with Crippen molar-refractivity contribution in [2.45, 2.75) is 18.9 Å². The average molecular weight is 358 g/mol. The molecule has 1 aliphatic rings. The molecule has 1 aliphatic heterocycles. The molecule has 1 saturated heterocycles. The topological polar surface area (TPSA) is 45.0 Å². The van der Waals surface area contributed by atoms with Crippen molar-refractivity contribution >= 4 is 34.6 Å². The van der Waals surface area contributed by atoms with Crippen molar-refractivity contribution in [1.82, 2.24) is 5.32 Å². The maximum absolute atomic E-state index is 12.2. The number of fused-ring (bicyclic) bond motifs is 1. The molecule has 2 heterocycles. The molecule has 0 spiro atoms. The van der Waals surface area contributed by atoms with Crippen molar-refractivity contribution in [2.24, 2.45) is 7.05 Å². The number of anilines is 1. The highest BCUT2D eigenvalue weighted by Gasteiger charge is 2.21. The van der Waals surface area contributed by atoms with Gasteiger partial charge in [-0.15, -0.1) is 0 Å². The highest BCUT2D eigenvalue weighted by molar-refractivity contribution is 5.95. The summed E-state index contributed by atoms with van der Waals surface area (Å²) in [6.45, 7) is 0.925. The van der Waals surface area contributed by atoms with Gasteiger partial charge < -0.3 is 10.6 Å². The molecule has 4 nitrogen and oxygen atoms in total. The van der Waals surface area contributed by atoms with E-state index in [1.54, 1.807) is 0 Å². The van der Waals surface area contributed by atoms with Gasteiger partial charge >= 0.3 is 0 Å². The van der Waals surface area contributed by atoms with E-state index in [4.69, 9.17) is 0 Å². The Morgan fingerprint density at radius 3 is 2.67 bits per heavy atom. The smallest absolute Gasteiger partial charge is 0.241 e. The van der Waals surface area contributed by atoms with Gasteiger partial charge in [0.25, 0.3) is 0 Å². The van der Waals surface area contributed by atoms with Gasteiger partial charge in [-0.3, -0.25) is 4.79 Å². The predicted molar refractivity (Wildman–Crippen MR) is 110 cm³/mol. The van der Waals surface area contributed by atoms with E-state index in [9.17, 15) is 4.79 Å². The third-order valence-corrected chi connectivity index (χ3v) is 5.12. The first-order valence-electron chi connectivity index (χ1n) is 9.41. The molecule has 1 aromatic heterocycles. The Hall–Kier alpha value is -2.98. The number of pyridine rings is 1. The van der Waals surface area contributed by atoms with E-state index in [0.717, 1.165) is 36.3 Å². The first-order valence-corrected chi connectivity index (χ1v) is 9.41. The summed E-state index contributed by atoms with van der Waals surface area (Å²) in [5, 5.41) is 7.43. The van der Waals surface area contributed by atoms with E-state index in [-0.39, 0.29) is 11.9 Å². The zero-order valence-electron chi connectivity index (χ0n) is 15.5. The van der Waals surface area contributed by atoms with Crippen LogP contribution in [0.2, 0.25) is 0 Å². The molecular weight excluding hydrogens is 334 g/mol. The van der Waals surface area contributed by atoms with Crippen molar-refractivity contribution < 1.29 is 9.36 Å². The van der Waals surface area contributed by atoms with Crippen LogP contribution in [0.1, 0.15) is 24.1 Å². The molecule has 2 N–H and O–H groups in total. The number of hydrogen-bond acceptors (Lipinski definition) is 2. The molecule has 0 unspecified atom stereocenters. The Morgan fingerprint density at radius 1 is 1.07 bits per heavy atom. The maximum atomic E-state index is 12.2. The fraction of sp³-hybridized carbons (Fsp3) is 0.217.